The van der Waals surface area contributed by atoms with Gasteiger partial charge in [-0.15, -0.1) is 0 Å². The summed E-state index contributed by atoms with van der Waals surface area (Å²) in [6.07, 6.45) is 2.35. The molecule has 3 atom stereocenters. The van der Waals surface area contributed by atoms with E-state index in [0.29, 0.717) is 6.61 Å². The Kier molecular flexibility index (Phi) is 5.33. The molecule has 2 fully saturated rings. The fourth-order valence-corrected chi connectivity index (χ4v) is 3.83. The van der Waals surface area contributed by atoms with Crippen LogP contribution in [-0.2, 0) is 11.3 Å². The van der Waals surface area contributed by atoms with Gasteiger partial charge in [0.2, 0.25) is 0 Å². The van der Waals surface area contributed by atoms with Crippen LogP contribution in [0.3, 0.4) is 0 Å². The van der Waals surface area contributed by atoms with Crippen molar-refractivity contribution in [2.75, 3.05) is 39.4 Å². The highest BCUT2D eigenvalue weighted by molar-refractivity contribution is 5.27. The van der Waals surface area contributed by atoms with Gasteiger partial charge in [0.15, 0.2) is 0 Å². The molecule has 2 aromatic rings. The van der Waals surface area contributed by atoms with Gasteiger partial charge in [0, 0.05) is 50.8 Å². The lowest BCUT2D eigenvalue weighted by Gasteiger charge is -2.43. The zero-order valence-electron chi connectivity index (χ0n) is 14.8. The summed E-state index contributed by atoms with van der Waals surface area (Å²) in [5.41, 5.74) is 1.22. The molecule has 0 aromatic carbocycles. The van der Waals surface area contributed by atoms with Gasteiger partial charge in [-0.3, -0.25) is 9.80 Å². The minimum Gasteiger partial charge on any atom is -0.389 e. The summed E-state index contributed by atoms with van der Waals surface area (Å²) in [6.45, 7) is 5.15. The Morgan fingerprint density at radius 2 is 1.88 bits per heavy atom. The highest BCUT2D eigenvalue weighted by atomic mass is 16.5. The summed E-state index contributed by atoms with van der Waals surface area (Å²) in [6, 6.07) is 10.0. The lowest BCUT2D eigenvalue weighted by molar-refractivity contribution is -0.137. The molecule has 0 saturated carbocycles. The molecule has 0 amide bonds. The van der Waals surface area contributed by atoms with Gasteiger partial charge < -0.3 is 19.5 Å². The fraction of sp³-hybridized carbons (Fsp3) is 0.526. The summed E-state index contributed by atoms with van der Waals surface area (Å²) in [5.74, 6) is 0.933. The Hall–Kier alpha value is -1.77. The van der Waals surface area contributed by atoms with Gasteiger partial charge in [0.1, 0.15) is 11.9 Å². The molecular formula is C19H26N4O3. The molecule has 4 rings (SSSR count). The number of aliphatic hydroxyl groups is 2. The van der Waals surface area contributed by atoms with Crippen molar-refractivity contribution >= 4 is 0 Å². The van der Waals surface area contributed by atoms with Crippen molar-refractivity contribution in [3.63, 3.8) is 0 Å². The maximum atomic E-state index is 10.2. The first-order chi connectivity index (χ1) is 12.7. The van der Waals surface area contributed by atoms with Crippen LogP contribution in [0, 0.1) is 0 Å². The Morgan fingerprint density at radius 3 is 2.65 bits per heavy atom. The highest BCUT2D eigenvalue weighted by Gasteiger charge is 2.36. The van der Waals surface area contributed by atoms with Crippen LogP contribution in [0.2, 0.25) is 0 Å². The topological polar surface area (TPSA) is 74.0 Å². The van der Waals surface area contributed by atoms with E-state index >= 15 is 0 Å². The van der Waals surface area contributed by atoms with Crippen molar-refractivity contribution in [2.24, 2.45) is 0 Å². The number of aromatic nitrogens is 2. The standard InChI is InChI=1S/C19H26N4O3/c24-17-14-26-13-16(19(17)25)22-10-8-21(9-11-22)12-15-4-3-7-23(15)18-5-1-2-6-20-18/h1-7,16-17,19,24-25H,8-14H2/t16-,17-,19+/m1/s1. The van der Waals surface area contributed by atoms with Crippen LogP contribution in [0.1, 0.15) is 5.69 Å². The van der Waals surface area contributed by atoms with Crippen LogP contribution >= 0.6 is 0 Å². The third-order valence-corrected chi connectivity index (χ3v) is 5.36. The molecule has 0 unspecified atom stereocenters. The second-order valence-corrected chi connectivity index (χ2v) is 7.03. The van der Waals surface area contributed by atoms with E-state index in [1.165, 1.54) is 5.69 Å². The minimum atomic E-state index is -0.784. The molecule has 26 heavy (non-hydrogen) atoms. The van der Waals surface area contributed by atoms with Crippen LogP contribution in [0.15, 0.2) is 42.7 Å². The molecule has 7 heteroatoms. The largest absolute Gasteiger partial charge is 0.389 e. The van der Waals surface area contributed by atoms with Gasteiger partial charge in [-0.1, -0.05) is 6.07 Å². The number of hydrogen-bond donors (Lipinski definition) is 2. The van der Waals surface area contributed by atoms with Gasteiger partial charge in [-0.05, 0) is 24.3 Å². The Morgan fingerprint density at radius 1 is 1.04 bits per heavy atom. The number of nitrogens with zero attached hydrogens (tertiary/aromatic N) is 4. The molecule has 2 aliphatic heterocycles. The van der Waals surface area contributed by atoms with Crippen molar-refractivity contribution < 1.29 is 14.9 Å². The van der Waals surface area contributed by atoms with Crippen LogP contribution in [-0.4, -0.2) is 87.2 Å². The van der Waals surface area contributed by atoms with Crippen molar-refractivity contribution in [1.82, 2.24) is 19.4 Å². The molecule has 140 valence electrons. The first-order valence-corrected chi connectivity index (χ1v) is 9.20. The quantitative estimate of drug-likeness (QED) is 0.808. The summed E-state index contributed by atoms with van der Waals surface area (Å²) in [7, 11) is 0. The van der Waals surface area contributed by atoms with E-state index in [1.807, 2.05) is 30.6 Å². The molecule has 2 aliphatic rings. The molecule has 2 N–H and O–H groups in total. The highest BCUT2D eigenvalue weighted by Crippen LogP contribution is 2.19. The van der Waals surface area contributed by atoms with Crippen LogP contribution in [0.4, 0.5) is 0 Å². The summed E-state index contributed by atoms with van der Waals surface area (Å²) in [4.78, 5) is 9.09. The van der Waals surface area contributed by atoms with Crippen molar-refractivity contribution in [3.05, 3.63) is 48.4 Å². The molecule has 0 radical (unpaired) electrons. The second kappa shape index (κ2) is 7.85. The lowest BCUT2D eigenvalue weighted by atomic mass is 10.0. The smallest absolute Gasteiger partial charge is 0.136 e. The van der Waals surface area contributed by atoms with Crippen molar-refractivity contribution in [1.29, 1.82) is 0 Å². The predicted molar refractivity (Wildman–Crippen MR) is 97.0 cm³/mol. The number of rotatable bonds is 4. The summed E-state index contributed by atoms with van der Waals surface area (Å²) < 4.78 is 7.55. The lowest BCUT2D eigenvalue weighted by Crippen LogP contribution is -2.60. The van der Waals surface area contributed by atoms with E-state index in [9.17, 15) is 10.2 Å². The van der Waals surface area contributed by atoms with Crippen LogP contribution < -0.4 is 0 Å². The van der Waals surface area contributed by atoms with Gasteiger partial charge >= 0.3 is 0 Å². The Labute approximate surface area is 153 Å². The van der Waals surface area contributed by atoms with E-state index in [0.717, 1.165) is 38.5 Å². The van der Waals surface area contributed by atoms with Crippen LogP contribution in [0.5, 0.6) is 0 Å². The molecule has 7 nitrogen and oxygen atoms in total. The third-order valence-electron chi connectivity index (χ3n) is 5.36. The number of hydrogen-bond acceptors (Lipinski definition) is 6. The zero-order chi connectivity index (χ0) is 17.9. The average Bonchev–Trinajstić information content (AvgIpc) is 3.14. The molecule has 0 aliphatic carbocycles. The molecule has 0 spiro atoms. The van der Waals surface area contributed by atoms with Gasteiger partial charge in [0.25, 0.3) is 0 Å². The number of pyridine rings is 1. The maximum Gasteiger partial charge on any atom is 0.136 e. The van der Waals surface area contributed by atoms with Crippen molar-refractivity contribution in [3.8, 4) is 5.82 Å². The molecule has 0 bridgehead atoms. The normalized spacial score (nSPS) is 28.3. The van der Waals surface area contributed by atoms with E-state index in [1.54, 1.807) is 0 Å². The number of ether oxygens (including phenoxy) is 1. The minimum absolute atomic E-state index is 0.113. The van der Waals surface area contributed by atoms with E-state index in [4.69, 9.17) is 4.74 Å². The third kappa shape index (κ3) is 3.67. The monoisotopic (exact) mass is 358 g/mol. The van der Waals surface area contributed by atoms with Crippen molar-refractivity contribution in [2.45, 2.75) is 24.8 Å². The first-order valence-electron chi connectivity index (χ1n) is 9.20. The zero-order valence-corrected chi connectivity index (χ0v) is 14.8. The maximum absolute atomic E-state index is 10.2. The molecular weight excluding hydrogens is 332 g/mol. The van der Waals surface area contributed by atoms with E-state index in [2.05, 4.69) is 31.5 Å². The Balaban J connectivity index is 1.36. The van der Waals surface area contributed by atoms with Gasteiger partial charge in [0.05, 0.1) is 25.4 Å². The first kappa shape index (κ1) is 17.6. The molecule has 4 heterocycles. The summed E-state index contributed by atoms with van der Waals surface area (Å²) in [5, 5.41) is 20.0. The van der Waals surface area contributed by atoms with E-state index < -0.39 is 12.2 Å². The van der Waals surface area contributed by atoms with Gasteiger partial charge in [-0.2, -0.15) is 0 Å². The average molecular weight is 358 g/mol. The second-order valence-electron chi connectivity index (χ2n) is 7.03. The number of piperazine rings is 1. The molecule has 2 aromatic heterocycles. The Bertz CT molecular complexity index is 700. The van der Waals surface area contributed by atoms with Gasteiger partial charge in [-0.25, -0.2) is 4.98 Å². The molecule has 2 saturated heterocycles. The fourth-order valence-electron chi connectivity index (χ4n) is 3.83. The SMILES string of the molecule is O[C@@H]1[C@H](O)COC[C@H]1N1CCN(Cc2cccn2-c2ccccn2)CC1. The van der Waals surface area contributed by atoms with E-state index in [-0.39, 0.29) is 12.6 Å². The summed E-state index contributed by atoms with van der Waals surface area (Å²) >= 11 is 0. The predicted octanol–water partition coefficient (Wildman–Crippen LogP) is 0.111. The van der Waals surface area contributed by atoms with Crippen LogP contribution in [0.25, 0.3) is 5.82 Å². The number of aliphatic hydroxyl groups excluding tert-OH is 2.